The third kappa shape index (κ3) is 2.55. The number of likely N-dealkylation sites (N-methyl/N-ethyl adjacent to an activating group) is 1. The Morgan fingerprint density at radius 2 is 2.00 bits per heavy atom. The topological polar surface area (TPSA) is 40.5 Å². The van der Waals surface area contributed by atoms with Gasteiger partial charge in [-0.15, -0.1) is 0 Å². The summed E-state index contributed by atoms with van der Waals surface area (Å²) in [6.07, 6.45) is -0.334. The molecule has 0 saturated heterocycles. The average molecular weight is 302 g/mol. The Bertz CT molecular complexity index is 699. The molecule has 1 aliphatic rings. The summed E-state index contributed by atoms with van der Waals surface area (Å²) < 4.78 is 0. The van der Waals surface area contributed by atoms with E-state index in [1.165, 1.54) is 0 Å². The van der Waals surface area contributed by atoms with Gasteiger partial charge in [-0.3, -0.25) is 4.79 Å². The zero-order valence-corrected chi connectivity index (χ0v) is 12.5. The lowest BCUT2D eigenvalue weighted by Crippen LogP contribution is -2.25. The van der Waals surface area contributed by atoms with Gasteiger partial charge in [0.25, 0.3) is 0 Å². The number of carbonyl (C=O) groups excluding carboxylic acids is 1. The molecule has 1 heterocycles. The number of fused-ring (bicyclic) bond motifs is 1. The normalized spacial score (nSPS) is 15.2. The molecule has 21 heavy (non-hydrogen) atoms. The van der Waals surface area contributed by atoms with Crippen molar-refractivity contribution in [1.82, 2.24) is 0 Å². The molecule has 0 saturated carbocycles. The number of anilines is 1. The zero-order chi connectivity index (χ0) is 15.0. The second-order valence-electron chi connectivity index (χ2n) is 5.16. The van der Waals surface area contributed by atoms with Crippen LogP contribution in [-0.2, 0) is 11.2 Å². The lowest BCUT2D eigenvalue weighted by Gasteiger charge is -2.16. The minimum absolute atomic E-state index is 0.113. The minimum Gasteiger partial charge on any atom is -0.384 e. The Kier molecular flexibility index (Phi) is 3.70. The van der Waals surface area contributed by atoms with Gasteiger partial charge in [-0.2, -0.15) is 0 Å². The number of aliphatic hydroxyl groups is 1. The van der Waals surface area contributed by atoms with E-state index in [1.807, 2.05) is 37.3 Å². The van der Waals surface area contributed by atoms with Crippen molar-refractivity contribution < 1.29 is 9.90 Å². The smallest absolute Gasteiger partial charge is 0.231 e. The largest absolute Gasteiger partial charge is 0.384 e. The quantitative estimate of drug-likeness (QED) is 0.944. The van der Waals surface area contributed by atoms with Gasteiger partial charge in [0, 0.05) is 17.3 Å². The van der Waals surface area contributed by atoms with Crippen molar-refractivity contribution in [1.29, 1.82) is 0 Å². The van der Waals surface area contributed by atoms with Gasteiger partial charge in [0.1, 0.15) is 6.10 Å². The number of nitrogens with zero attached hydrogens (tertiary/aromatic N) is 1. The summed E-state index contributed by atoms with van der Waals surface area (Å²) in [5, 5.41) is 11.1. The molecule has 3 nitrogen and oxygen atoms in total. The Morgan fingerprint density at radius 1 is 1.24 bits per heavy atom. The molecular weight excluding hydrogens is 286 g/mol. The fourth-order valence-corrected chi connectivity index (χ4v) is 2.99. The van der Waals surface area contributed by atoms with Gasteiger partial charge in [-0.05, 0) is 41.8 Å². The van der Waals surface area contributed by atoms with Crippen LogP contribution in [0, 0.1) is 0 Å². The number of rotatable bonds is 3. The van der Waals surface area contributed by atoms with Crippen molar-refractivity contribution in [2.24, 2.45) is 0 Å². The van der Waals surface area contributed by atoms with Crippen molar-refractivity contribution in [2.75, 3.05) is 11.4 Å². The van der Waals surface area contributed by atoms with Crippen LogP contribution < -0.4 is 4.90 Å². The van der Waals surface area contributed by atoms with E-state index in [4.69, 9.17) is 11.6 Å². The van der Waals surface area contributed by atoms with Crippen molar-refractivity contribution in [3.8, 4) is 0 Å². The highest BCUT2D eigenvalue weighted by atomic mass is 35.5. The Hall–Kier alpha value is -1.84. The summed E-state index contributed by atoms with van der Waals surface area (Å²) in [6.45, 7) is 2.63. The molecule has 2 aromatic rings. The van der Waals surface area contributed by atoms with Gasteiger partial charge in [0.2, 0.25) is 5.91 Å². The Labute approximate surface area is 128 Å². The molecule has 1 N–H and O–H groups in total. The van der Waals surface area contributed by atoms with Gasteiger partial charge >= 0.3 is 0 Å². The van der Waals surface area contributed by atoms with Crippen molar-refractivity contribution >= 4 is 23.2 Å². The molecule has 3 rings (SSSR count). The molecule has 4 heteroatoms. The van der Waals surface area contributed by atoms with Crippen molar-refractivity contribution in [2.45, 2.75) is 19.4 Å². The predicted octanol–water partition coefficient (Wildman–Crippen LogP) is 3.33. The standard InChI is InChI=1S/C17H16ClNO2/c1-2-19-15-7-6-12(8-13(15)10-16(19)20)17(21)11-4-3-5-14(18)9-11/h3-9,17,21H,2,10H2,1H3. The number of carbonyl (C=O) groups is 1. The number of hydrogen-bond donors (Lipinski definition) is 1. The number of halogens is 1. The molecule has 1 amide bonds. The van der Waals surface area contributed by atoms with E-state index in [2.05, 4.69) is 0 Å². The molecule has 0 radical (unpaired) electrons. The van der Waals surface area contributed by atoms with Crippen LogP contribution in [0.2, 0.25) is 5.02 Å². The first-order chi connectivity index (χ1) is 10.1. The van der Waals surface area contributed by atoms with E-state index in [1.54, 1.807) is 17.0 Å². The van der Waals surface area contributed by atoms with Crippen molar-refractivity contribution in [3.63, 3.8) is 0 Å². The average Bonchev–Trinajstić information content (AvgIpc) is 2.80. The molecule has 1 unspecified atom stereocenters. The molecule has 0 spiro atoms. The predicted molar refractivity (Wildman–Crippen MR) is 83.7 cm³/mol. The lowest BCUT2D eigenvalue weighted by atomic mass is 9.99. The van der Waals surface area contributed by atoms with Gasteiger partial charge in [0.05, 0.1) is 6.42 Å². The van der Waals surface area contributed by atoms with E-state index < -0.39 is 6.10 Å². The van der Waals surface area contributed by atoms with Crippen LogP contribution >= 0.6 is 11.6 Å². The molecule has 1 aliphatic heterocycles. The van der Waals surface area contributed by atoms with E-state index in [-0.39, 0.29) is 5.91 Å². The number of hydrogen-bond acceptors (Lipinski definition) is 2. The third-order valence-electron chi connectivity index (χ3n) is 3.83. The second kappa shape index (κ2) is 5.51. The maximum Gasteiger partial charge on any atom is 0.231 e. The van der Waals surface area contributed by atoms with Gasteiger partial charge in [-0.1, -0.05) is 35.9 Å². The fourth-order valence-electron chi connectivity index (χ4n) is 2.79. The first-order valence-corrected chi connectivity index (χ1v) is 7.34. The van der Waals surface area contributed by atoms with E-state index in [9.17, 15) is 9.90 Å². The Balaban J connectivity index is 1.95. The van der Waals surface area contributed by atoms with Crippen LogP contribution in [-0.4, -0.2) is 17.6 Å². The van der Waals surface area contributed by atoms with E-state index in [0.29, 0.717) is 18.0 Å². The molecule has 0 bridgehead atoms. The number of amides is 1. The lowest BCUT2D eigenvalue weighted by molar-refractivity contribution is -0.117. The maximum atomic E-state index is 11.9. The summed E-state index contributed by atoms with van der Waals surface area (Å²) in [4.78, 5) is 13.7. The van der Waals surface area contributed by atoms with Crippen LogP contribution in [0.5, 0.6) is 0 Å². The van der Waals surface area contributed by atoms with E-state index >= 15 is 0 Å². The molecule has 108 valence electrons. The van der Waals surface area contributed by atoms with Crippen molar-refractivity contribution in [3.05, 3.63) is 64.2 Å². The minimum atomic E-state index is -0.736. The molecule has 2 aromatic carbocycles. The number of benzene rings is 2. The monoisotopic (exact) mass is 301 g/mol. The first kappa shape index (κ1) is 14.1. The molecule has 0 aromatic heterocycles. The highest BCUT2D eigenvalue weighted by molar-refractivity contribution is 6.30. The summed E-state index contributed by atoms with van der Waals surface area (Å²) >= 11 is 5.96. The summed E-state index contributed by atoms with van der Waals surface area (Å²) in [5.74, 6) is 0.113. The zero-order valence-electron chi connectivity index (χ0n) is 11.7. The highest BCUT2D eigenvalue weighted by Crippen LogP contribution is 2.33. The Morgan fingerprint density at radius 3 is 2.71 bits per heavy atom. The van der Waals surface area contributed by atoms with E-state index in [0.717, 1.165) is 22.4 Å². The molecule has 1 atom stereocenters. The van der Waals surface area contributed by atoms with Gasteiger partial charge < -0.3 is 10.0 Å². The SMILES string of the molecule is CCN1C(=O)Cc2cc(C(O)c3cccc(Cl)c3)ccc21. The summed E-state index contributed by atoms with van der Waals surface area (Å²) in [7, 11) is 0. The third-order valence-corrected chi connectivity index (χ3v) is 4.07. The maximum absolute atomic E-state index is 11.9. The van der Waals surface area contributed by atoms with Gasteiger partial charge in [0.15, 0.2) is 0 Å². The summed E-state index contributed by atoms with van der Waals surface area (Å²) in [6, 6.07) is 12.9. The van der Waals surface area contributed by atoms with Gasteiger partial charge in [-0.25, -0.2) is 0 Å². The number of aliphatic hydroxyl groups excluding tert-OH is 1. The molecular formula is C17H16ClNO2. The summed E-state index contributed by atoms with van der Waals surface area (Å²) in [5.41, 5.74) is 3.45. The molecule has 0 aliphatic carbocycles. The first-order valence-electron chi connectivity index (χ1n) is 6.97. The van der Waals surface area contributed by atoms with Crippen LogP contribution in [0.1, 0.15) is 29.7 Å². The van der Waals surface area contributed by atoms with Crippen LogP contribution in [0.4, 0.5) is 5.69 Å². The highest BCUT2D eigenvalue weighted by Gasteiger charge is 2.26. The second-order valence-corrected chi connectivity index (χ2v) is 5.60. The fraction of sp³-hybridized carbons (Fsp3) is 0.235. The van der Waals surface area contributed by atoms with Crippen LogP contribution in [0.25, 0.3) is 0 Å². The van der Waals surface area contributed by atoms with Crippen LogP contribution in [0.3, 0.4) is 0 Å². The van der Waals surface area contributed by atoms with Crippen LogP contribution in [0.15, 0.2) is 42.5 Å². The molecule has 0 fully saturated rings.